The highest BCUT2D eigenvalue weighted by Crippen LogP contribution is 2.31. The van der Waals surface area contributed by atoms with E-state index in [0.717, 1.165) is 29.0 Å². The number of aromatic nitrogens is 4. The van der Waals surface area contributed by atoms with Gasteiger partial charge in [0, 0.05) is 30.4 Å². The first-order valence-electron chi connectivity index (χ1n) is 8.87. The second kappa shape index (κ2) is 6.58. The lowest BCUT2D eigenvalue weighted by Gasteiger charge is -2.13. The van der Waals surface area contributed by atoms with Crippen molar-refractivity contribution in [1.82, 2.24) is 19.2 Å². The van der Waals surface area contributed by atoms with E-state index in [1.807, 2.05) is 38.1 Å². The van der Waals surface area contributed by atoms with Crippen molar-refractivity contribution in [2.24, 2.45) is 7.05 Å². The molecular weight excluding hydrogens is 381 g/mol. The summed E-state index contributed by atoms with van der Waals surface area (Å²) in [5, 5.41) is 4.37. The first-order valence-corrected chi connectivity index (χ1v) is 8.87. The van der Waals surface area contributed by atoms with Crippen LogP contribution in [0.2, 0.25) is 0 Å². The third kappa shape index (κ3) is 3.20. The molecule has 0 amide bonds. The van der Waals surface area contributed by atoms with Crippen LogP contribution in [-0.4, -0.2) is 19.2 Å². The molecule has 3 aromatic heterocycles. The Labute approximate surface area is 164 Å². The van der Waals surface area contributed by atoms with Gasteiger partial charge in [-0.05, 0) is 31.5 Å². The molecule has 148 valence electrons. The summed E-state index contributed by atoms with van der Waals surface area (Å²) in [6.07, 6.45) is -3.39. The van der Waals surface area contributed by atoms with Gasteiger partial charge in [-0.25, -0.2) is 0 Å². The number of hydrogen-bond acceptors (Lipinski definition) is 3. The van der Waals surface area contributed by atoms with Crippen molar-refractivity contribution in [2.75, 3.05) is 0 Å². The highest BCUT2D eigenvalue weighted by atomic mass is 19.4. The number of pyridine rings is 1. The molecule has 0 spiro atoms. The molecule has 4 rings (SSSR count). The first kappa shape index (κ1) is 18.9. The third-order valence-electron chi connectivity index (χ3n) is 4.87. The SMILES string of the molecule is Cc1ccc(-c2c(C)nn3c(=O)cc(-c4ccc(C(F)(F)F)nc4)n(C)c23)cc1. The summed E-state index contributed by atoms with van der Waals surface area (Å²) >= 11 is 0. The average Bonchev–Trinajstić information content (AvgIpc) is 3.03. The number of hydrogen-bond donors (Lipinski definition) is 0. The smallest absolute Gasteiger partial charge is 0.328 e. The van der Waals surface area contributed by atoms with Crippen LogP contribution in [0, 0.1) is 13.8 Å². The highest BCUT2D eigenvalue weighted by molar-refractivity contribution is 5.81. The Balaban J connectivity index is 1.96. The maximum atomic E-state index is 12.8. The zero-order chi connectivity index (χ0) is 20.9. The van der Waals surface area contributed by atoms with E-state index in [2.05, 4.69) is 10.1 Å². The Morgan fingerprint density at radius 3 is 2.21 bits per heavy atom. The minimum absolute atomic E-state index is 0.366. The lowest BCUT2D eigenvalue weighted by atomic mass is 10.0. The summed E-state index contributed by atoms with van der Waals surface area (Å²) in [6.45, 7) is 3.80. The van der Waals surface area contributed by atoms with Crippen LogP contribution >= 0.6 is 0 Å². The summed E-state index contributed by atoms with van der Waals surface area (Å²) < 4.78 is 41.5. The van der Waals surface area contributed by atoms with Crippen LogP contribution in [0.1, 0.15) is 17.0 Å². The van der Waals surface area contributed by atoms with Crippen LogP contribution in [0.4, 0.5) is 13.2 Å². The minimum Gasteiger partial charge on any atom is -0.328 e. The Morgan fingerprint density at radius 2 is 1.62 bits per heavy atom. The Morgan fingerprint density at radius 1 is 0.966 bits per heavy atom. The van der Waals surface area contributed by atoms with Crippen molar-refractivity contribution < 1.29 is 13.2 Å². The van der Waals surface area contributed by atoms with E-state index in [-0.39, 0.29) is 5.56 Å². The van der Waals surface area contributed by atoms with Crippen molar-refractivity contribution in [3.63, 3.8) is 0 Å². The first-order chi connectivity index (χ1) is 13.7. The molecule has 0 aliphatic carbocycles. The van der Waals surface area contributed by atoms with E-state index < -0.39 is 11.9 Å². The molecule has 5 nitrogen and oxygen atoms in total. The van der Waals surface area contributed by atoms with Crippen molar-refractivity contribution in [3.05, 3.63) is 76.0 Å². The van der Waals surface area contributed by atoms with Crippen molar-refractivity contribution >= 4 is 5.65 Å². The van der Waals surface area contributed by atoms with Gasteiger partial charge in [0.05, 0.1) is 11.4 Å². The van der Waals surface area contributed by atoms with Gasteiger partial charge in [-0.3, -0.25) is 9.78 Å². The van der Waals surface area contributed by atoms with Gasteiger partial charge in [-0.15, -0.1) is 0 Å². The molecule has 0 aliphatic rings. The Bertz CT molecular complexity index is 1270. The van der Waals surface area contributed by atoms with Crippen molar-refractivity contribution in [1.29, 1.82) is 0 Å². The van der Waals surface area contributed by atoms with E-state index in [1.54, 1.807) is 11.6 Å². The number of benzene rings is 1. The zero-order valence-corrected chi connectivity index (χ0v) is 15.9. The van der Waals surface area contributed by atoms with E-state index in [9.17, 15) is 18.0 Å². The van der Waals surface area contributed by atoms with Crippen LogP contribution in [0.15, 0.2) is 53.5 Å². The number of nitrogens with zero attached hydrogens (tertiary/aromatic N) is 4. The Hall–Kier alpha value is -3.42. The standard InChI is InChI=1S/C21H17F3N4O/c1-12-4-6-14(7-5-12)19-13(2)26-28-18(29)10-16(27(3)20(19)28)15-8-9-17(25-11-15)21(22,23)24/h4-11H,1-3H3. The van der Waals surface area contributed by atoms with Gasteiger partial charge < -0.3 is 4.57 Å². The quantitative estimate of drug-likeness (QED) is 0.503. The summed E-state index contributed by atoms with van der Waals surface area (Å²) in [6, 6.07) is 11.4. The molecule has 0 saturated heterocycles. The van der Waals surface area contributed by atoms with E-state index in [4.69, 9.17) is 0 Å². The third-order valence-corrected chi connectivity index (χ3v) is 4.87. The second-order valence-corrected chi connectivity index (χ2v) is 6.92. The molecule has 1 aromatic carbocycles. The molecule has 3 heterocycles. The molecule has 29 heavy (non-hydrogen) atoms. The Kier molecular flexibility index (Phi) is 4.29. The minimum atomic E-state index is -4.52. The van der Waals surface area contributed by atoms with Crippen molar-refractivity contribution in [2.45, 2.75) is 20.0 Å². The molecule has 0 unspecified atom stereocenters. The summed E-state index contributed by atoms with van der Waals surface area (Å²) in [4.78, 5) is 16.2. The van der Waals surface area contributed by atoms with Crippen LogP contribution in [0.3, 0.4) is 0 Å². The van der Waals surface area contributed by atoms with Gasteiger partial charge in [-0.2, -0.15) is 22.8 Å². The van der Waals surface area contributed by atoms with Gasteiger partial charge >= 0.3 is 6.18 Å². The molecule has 0 aliphatic heterocycles. The van der Waals surface area contributed by atoms with Crippen molar-refractivity contribution in [3.8, 4) is 22.4 Å². The monoisotopic (exact) mass is 398 g/mol. The fourth-order valence-electron chi connectivity index (χ4n) is 3.42. The number of fused-ring (bicyclic) bond motifs is 1. The summed E-state index contributed by atoms with van der Waals surface area (Å²) in [5.41, 5.74) is 3.58. The molecule has 0 radical (unpaired) electrons. The second-order valence-electron chi connectivity index (χ2n) is 6.92. The van der Waals surface area contributed by atoms with Crippen LogP contribution < -0.4 is 5.56 Å². The predicted octanol–water partition coefficient (Wildman–Crippen LogP) is 4.40. The predicted molar refractivity (Wildman–Crippen MR) is 104 cm³/mol. The molecule has 0 N–H and O–H groups in total. The highest BCUT2D eigenvalue weighted by Gasteiger charge is 2.32. The van der Waals surface area contributed by atoms with Gasteiger partial charge in [0.1, 0.15) is 11.3 Å². The number of halogens is 3. The molecule has 0 fully saturated rings. The topological polar surface area (TPSA) is 52.2 Å². The molecule has 0 atom stereocenters. The lowest BCUT2D eigenvalue weighted by Crippen LogP contribution is -2.18. The molecule has 0 saturated carbocycles. The maximum Gasteiger partial charge on any atom is 0.433 e. The normalized spacial score (nSPS) is 11.9. The number of alkyl halides is 3. The lowest BCUT2D eigenvalue weighted by molar-refractivity contribution is -0.141. The largest absolute Gasteiger partial charge is 0.433 e. The van der Waals surface area contributed by atoms with Gasteiger partial charge in [0.2, 0.25) is 0 Å². The van der Waals surface area contributed by atoms with E-state index >= 15 is 0 Å². The van der Waals surface area contributed by atoms with Gasteiger partial charge in [-0.1, -0.05) is 29.8 Å². The maximum absolute atomic E-state index is 12.8. The fraction of sp³-hybridized carbons (Fsp3) is 0.190. The van der Waals surface area contributed by atoms with Crippen LogP contribution in [-0.2, 0) is 13.2 Å². The molecule has 8 heteroatoms. The zero-order valence-electron chi connectivity index (χ0n) is 15.9. The molecule has 4 aromatic rings. The fourth-order valence-corrected chi connectivity index (χ4v) is 3.42. The average molecular weight is 398 g/mol. The van der Waals surface area contributed by atoms with Gasteiger partial charge in [0.15, 0.2) is 0 Å². The molecule has 0 bridgehead atoms. The summed E-state index contributed by atoms with van der Waals surface area (Å²) in [7, 11) is 1.75. The van der Waals surface area contributed by atoms with Gasteiger partial charge in [0.25, 0.3) is 5.56 Å². The number of rotatable bonds is 2. The summed E-state index contributed by atoms with van der Waals surface area (Å²) in [5.74, 6) is 0. The van der Waals surface area contributed by atoms with E-state index in [0.29, 0.717) is 22.6 Å². The van der Waals surface area contributed by atoms with Crippen LogP contribution in [0.25, 0.3) is 28.0 Å². The number of aryl methyl sites for hydroxylation is 3. The van der Waals surface area contributed by atoms with E-state index in [1.165, 1.54) is 16.6 Å². The molecular formula is C21H17F3N4O. The van der Waals surface area contributed by atoms with Crippen LogP contribution in [0.5, 0.6) is 0 Å².